The lowest BCUT2D eigenvalue weighted by Crippen LogP contribution is -2.25. The predicted molar refractivity (Wildman–Crippen MR) is 91.1 cm³/mol. The Bertz CT molecular complexity index is 743. The smallest absolute Gasteiger partial charge is 0.305 e. The molecule has 0 bridgehead atoms. The Morgan fingerprint density at radius 2 is 2.00 bits per heavy atom. The molecule has 2 aromatic rings. The second kappa shape index (κ2) is 8.96. The van der Waals surface area contributed by atoms with Crippen molar-refractivity contribution < 1.29 is 18.7 Å². The first-order valence-electron chi connectivity index (χ1n) is 8.19. The Hall–Kier alpha value is -2.70. The van der Waals surface area contributed by atoms with Crippen LogP contribution in [0, 0.1) is 12.7 Å². The molecule has 0 atom stereocenters. The molecule has 2 rings (SSSR count). The molecule has 0 fully saturated rings. The molecule has 0 radical (unpaired) electrons. The van der Waals surface area contributed by atoms with Crippen molar-refractivity contribution in [2.75, 3.05) is 13.7 Å². The van der Waals surface area contributed by atoms with Crippen LogP contribution in [0.25, 0.3) is 5.69 Å². The minimum absolute atomic E-state index is 0.222. The number of nitrogens with zero attached hydrogens (tertiary/aromatic N) is 2. The summed E-state index contributed by atoms with van der Waals surface area (Å²) in [6.07, 6.45) is 4.15. The Balaban J connectivity index is 1.87. The van der Waals surface area contributed by atoms with Crippen LogP contribution in [0.3, 0.4) is 0 Å². The summed E-state index contributed by atoms with van der Waals surface area (Å²) in [5.41, 5.74) is 1.30. The second-order valence-corrected chi connectivity index (χ2v) is 5.65. The Kier molecular flexibility index (Phi) is 6.68. The van der Waals surface area contributed by atoms with Crippen molar-refractivity contribution in [3.63, 3.8) is 0 Å². The topological polar surface area (TPSA) is 73.2 Å². The van der Waals surface area contributed by atoms with Gasteiger partial charge in [-0.05, 0) is 31.9 Å². The van der Waals surface area contributed by atoms with Crippen molar-refractivity contribution in [3.05, 3.63) is 47.5 Å². The van der Waals surface area contributed by atoms with E-state index in [1.807, 2.05) is 0 Å². The van der Waals surface area contributed by atoms with Crippen molar-refractivity contribution in [3.8, 4) is 5.69 Å². The molecule has 1 aromatic heterocycles. The lowest BCUT2D eigenvalue weighted by Gasteiger charge is -2.07. The third-order valence-corrected chi connectivity index (χ3v) is 3.91. The van der Waals surface area contributed by atoms with E-state index in [1.165, 1.54) is 24.1 Å². The summed E-state index contributed by atoms with van der Waals surface area (Å²) in [6.45, 7) is 2.23. The molecule has 7 heteroatoms. The molecule has 0 aliphatic rings. The number of rotatable bonds is 8. The molecular weight excluding hydrogens is 325 g/mol. The van der Waals surface area contributed by atoms with E-state index in [0.29, 0.717) is 29.9 Å². The summed E-state index contributed by atoms with van der Waals surface area (Å²) in [5.74, 6) is -0.862. The summed E-state index contributed by atoms with van der Waals surface area (Å²) in [5, 5.41) is 6.94. The van der Waals surface area contributed by atoms with Gasteiger partial charge in [-0.2, -0.15) is 5.10 Å². The molecule has 0 aliphatic heterocycles. The highest BCUT2D eigenvalue weighted by atomic mass is 19.1. The van der Waals surface area contributed by atoms with Crippen LogP contribution in [0.4, 0.5) is 4.39 Å². The second-order valence-electron chi connectivity index (χ2n) is 5.65. The van der Waals surface area contributed by atoms with Gasteiger partial charge in [0.15, 0.2) is 0 Å². The van der Waals surface area contributed by atoms with Crippen molar-refractivity contribution in [2.45, 2.75) is 32.6 Å². The number of amides is 1. The maximum Gasteiger partial charge on any atom is 0.305 e. The number of hydrogen-bond donors (Lipinski definition) is 1. The number of carbonyl (C=O) groups excluding carboxylic acids is 2. The Morgan fingerprint density at radius 1 is 1.24 bits per heavy atom. The van der Waals surface area contributed by atoms with Crippen molar-refractivity contribution >= 4 is 11.9 Å². The average molecular weight is 347 g/mol. The number of para-hydroxylation sites is 1. The minimum atomic E-state index is -0.397. The number of hydrogen-bond acceptors (Lipinski definition) is 4. The van der Waals surface area contributed by atoms with Crippen LogP contribution in [0.1, 0.15) is 41.7 Å². The van der Waals surface area contributed by atoms with Crippen LogP contribution in [-0.4, -0.2) is 35.3 Å². The van der Waals surface area contributed by atoms with Crippen molar-refractivity contribution in [1.82, 2.24) is 15.1 Å². The first kappa shape index (κ1) is 18.6. The maximum absolute atomic E-state index is 13.9. The van der Waals surface area contributed by atoms with Gasteiger partial charge in [-0.15, -0.1) is 0 Å². The third kappa shape index (κ3) is 4.89. The number of benzene rings is 1. The molecule has 0 saturated carbocycles. The summed E-state index contributed by atoms with van der Waals surface area (Å²) in [6, 6.07) is 6.28. The third-order valence-electron chi connectivity index (χ3n) is 3.91. The molecule has 1 aromatic carbocycles. The minimum Gasteiger partial charge on any atom is -0.469 e. The SMILES string of the molecule is COC(=O)CCCCCNC(=O)c1cnn(-c2ccccc2F)c1C. The normalized spacial score (nSPS) is 10.5. The number of halogens is 1. The largest absolute Gasteiger partial charge is 0.469 e. The Labute approximate surface area is 146 Å². The maximum atomic E-state index is 13.9. The first-order chi connectivity index (χ1) is 12.0. The van der Waals surface area contributed by atoms with Crippen molar-refractivity contribution in [1.29, 1.82) is 0 Å². The van der Waals surface area contributed by atoms with Gasteiger partial charge in [0, 0.05) is 13.0 Å². The van der Waals surface area contributed by atoms with E-state index >= 15 is 0 Å². The molecule has 0 unspecified atom stereocenters. The quantitative estimate of drug-likeness (QED) is 0.589. The van der Waals surface area contributed by atoms with E-state index in [0.717, 1.165) is 19.3 Å². The standard InChI is InChI=1S/C18H22FN3O3/c1-13-14(12-21-22(13)16-9-6-5-8-15(16)19)18(24)20-11-7-3-4-10-17(23)25-2/h5-6,8-9,12H,3-4,7,10-11H2,1-2H3,(H,20,24). The van der Waals surface area contributed by atoms with Crippen LogP contribution >= 0.6 is 0 Å². The fourth-order valence-corrected chi connectivity index (χ4v) is 2.47. The van der Waals surface area contributed by atoms with Gasteiger partial charge in [-0.25, -0.2) is 9.07 Å². The molecule has 1 N–H and O–H groups in total. The lowest BCUT2D eigenvalue weighted by molar-refractivity contribution is -0.140. The van der Waals surface area contributed by atoms with Gasteiger partial charge in [0.1, 0.15) is 11.5 Å². The predicted octanol–water partition coefficient (Wildman–Crippen LogP) is 2.78. The molecule has 0 aliphatic carbocycles. The van der Waals surface area contributed by atoms with Gasteiger partial charge < -0.3 is 10.1 Å². The molecule has 25 heavy (non-hydrogen) atoms. The van der Waals surface area contributed by atoms with Crippen LogP contribution in [-0.2, 0) is 9.53 Å². The molecule has 0 spiro atoms. The van der Waals surface area contributed by atoms with Gasteiger partial charge >= 0.3 is 5.97 Å². The number of unbranched alkanes of at least 4 members (excludes halogenated alkanes) is 2. The molecule has 1 heterocycles. The van der Waals surface area contributed by atoms with Crippen LogP contribution in [0.5, 0.6) is 0 Å². The van der Waals surface area contributed by atoms with E-state index in [1.54, 1.807) is 25.1 Å². The Morgan fingerprint density at radius 3 is 2.72 bits per heavy atom. The summed E-state index contributed by atoms with van der Waals surface area (Å²) < 4.78 is 19.9. The fourth-order valence-electron chi connectivity index (χ4n) is 2.47. The van der Waals surface area contributed by atoms with E-state index in [9.17, 15) is 14.0 Å². The van der Waals surface area contributed by atoms with Gasteiger partial charge in [0.2, 0.25) is 0 Å². The highest BCUT2D eigenvalue weighted by Gasteiger charge is 2.16. The van der Waals surface area contributed by atoms with Gasteiger partial charge in [0.25, 0.3) is 5.91 Å². The van der Waals surface area contributed by atoms with Crippen molar-refractivity contribution in [2.24, 2.45) is 0 Å². The molecule has 0 saturated heterocycles. The number of nitrogens with one attached hydrogen (secondary N) is 1. The average Bonchev–Trinajstić information content (AvgIpc) is 2.99. The van der Waals surface area contributed by atoms with Gasteiger partial charge in [-0.1, -0.05) is 18.6 Å². The zero-order chi connectivity index (χ0) is 18.2. The first-order valence-corrected chi connectivity index (χ1v) is 8.19. The zero-order valence-electron chi connectivity index (χ0n) is 14.4. The van der Waals surface area contributed by atoms with Crippen LogP contribution in [0.2, 0.25) is 0 Å². The zero-order valence-corrected chi connectivity index (χ0v) is 14.4. The van der Waals surface area contributed by atoms with Gasteiger partial charge in [0.05, 0.1) is 24.6 Å². The lowest BCUT2D eigenvalue weighted by atomic mass is 10.2. The van der Waals surface area contributed by atoms with Crippen LogP contribution in [0.15, 0.2) is 30.5 Å². The van der Waals surface area contributed by atoms with Crippen LogP contribution < -0.4 is 5.32 Å². The highest BCUT2D eigenvalue weighted by molar-refractivity contribution is 5.95. The summed E-state index contributed by atoms with van der Waals surface area (Å²) in [4.78, 5) is 23.2. The molecule has 1 amide bonds. The van der Waals surface area contributed by atoms with E-state index < -0.39 is 5.82 Å². The van der Waals surface area contributed by atoms with Gasteiger partial charge in [-0.3, -0.25) is 9.59 Å². The fraction of sp³-hybridized carbons (Fsp3) is 0.389. The molecule has 6 nitrogen and oxygen atoms in total. The monoisotopic (exact) mass is 347 g/mol. The number of aromatic nitrogens is 2. The van der Waals surface area contributed by atoms with E-state index in [-0.39, 0.29) is 11.9 Å². The number of carbonyl (C=O) groups is 2. The number of esters is 1. The number of ether oxygens (including phenoxy) is 1. The summed E-state index contributed by atoms with van der Waals surface area (Å²) >= 11 is 0. The van der Waals surface area contributed by atoms with E-state index in [2.05, 4.69) is 15.2 Å². The molecular formula is C18H22FN3O3. The summed E-state index contributed by atoms with van der Waals surface area (Å²) in [7, 11) is 1.37. The van der Waals surface area contributed by atoms with E-state index in [4.69, 9.17) is 0 Å². The number of methoxy groups -OCH3 is 1. The highest BCUT2D eigenvalue weighted by Crippen LogP contribution is 2.17. The molecule has 134 valence electrons.